The van der Waals surface area contributed by atoms with E-state index >= 15 is 0 Å². The number of piperidine rings is 1. The third-order valence-electron chi connectivity index (χ3n) is 5.88. The van der Waals surface area contributed by atoms with Crippen molar-refractivity contribution in [2.45, 2.75) is 31.9 Å². The Bertz CT molecular complexity index is 1340. The molecule has 0 aliphatic carbocycles. The zero-order valence-electron chi connectivity index (χ0n) is 19.5. The van der Waals surface area contributed by atoms with Crippen LogP contribution >= 0.6 is 0 Å². The van der Waals surface area contributed by atoms with Gasteiger partial charge in [0.05, 0.1) is 18.4 Å². The van der Waals surface area contributed by atoms with Gasteiger partial charge in [0, 0.05) is 19.0 Å². The Hall–Kier alpha value is -3.79. The zero-order valence-corrected chi connectivity index (χ0v) is 20.4. The number of hydrogen-bond donors (Lipinski definition) is 2. The highest BCUT2D eigenvalue weighted by atomic mass is 32.2. The molecule has 0 unspecified atom stereocenters. The highest BCUT2D eigenvalue weighted by Crippen LogP contribution is 2.33. The Labute approximate surface area is 206 Å². The lowest BCUT2D eigenvalue weighted by molar-refractivity contribution is -0.123. The van der Waals surface area contributed by atoms with E-state index in [1.165, 1.54) is 7.11 Å². The second-order valence-corrected chi connectivity index (χ2v) is 9.90. The van der Waals surface area contributed by atoms with Gasteiger partial charge >= 0.3 is 5.97 Å². The standard InChI is InChI=1S/C23H24F2N4O6S/c1-3-15-16(11-26)20(27-22(35-2)19(15)23(31)32)29-8-6-14(7-9-29)21(30)28-36(33,34)12-13-4-5-17(24)18(25)10-13/h4-5,10,14H,3,6-9,12H2,1-2H3,(H,28,30)(H,31,32). The molecule has 0 bridgehead atoms. The number of carbonyl (C=O) groups excluding carboxylic acids is 1. The number of rotatable bonds is 8. The fourth-order valence-electron chi connectivity index (χ4n) is 4.14. The van der Waals surface area contributed by atoms with Crippen molar-refractivity contribution in [3.63, 3.8) is 0 Å². The average molecular weight is 523 g/mol. The summed E-state index contributed by atoms with van der Waals surface area (Å²) < 4.78 is 58.3. The van der Waals surface area contributed by atoms with E-state index in [4.69, 9.17) is 4.74 Å². The third kappa shape index (κ3) is 5.71. The molecular formula is C23H24F2N4O6S. The molecule has 1 aromatic carbocycles. The van der Waals surface area contributed by atoms with E-state index in [2.05, 4.69) is 4.98 Å². The Morgan fingerprint density at radius 2 is 1.94 bits per heavy atom. The number of aromatic carboxylic acids is 1. The van der Waals surface area contributed by atoms with E-state index in [0.29, 0.717) is 0 Å². The number of anilines is 1. The van der Waals surface area contributed by atoms with E-state index in [9.17, 15) is 37.2 Å². The summed E-state index contributed by atoms with van der Waals surface area (Å²) in [6, 6.07) is 4.71. The number of pyridine rings is 1. The van der Waals surface area contributed by atoms with E-state index < -0.39 is 45.2 Å². The van der Waals surface area contributed by atoms with Crippen molar-refractivity contribution in [2.24, 2.45) is 5.92 Å². The van der Waals surface area contributed by atoms with E-state index in [0.717, 1.165) is 18.2 Å². The maximum absolute atomic E-state index is 13.4. The highest BCUT2D eigenvalue weighted by molar-refractivity contribution is 7.89. The molecule has 2 aromatic rings. The minimum absolute atomic E-state index is 0.00962. The van der Waals surface area contributed by atoms with Gasteiger partial charge in [-0.15, -0.1) is 0 Å². The molecule has 1 aliphatic heterocycles. The van der Waals surface area contributed by atoms with Gasteiger partial charge in [-0.1, -0.05) is 13.0 Å². The van der Waals surface area contributed by atoms with Crippen molar-refractivity contribution >= 4 is 27.7 Å². The first-order valence-electron chi connectivity index (χ1n) is 11.0. The number of hydrogen-bond acceptors (Lipinski definition) is 8. The van der Waals surface area contributed by atoms with Crippen LogP contribution in [0.5, 0.6) is 5.88 Å². The fraction of sp³-hybridized carbons (Fsp3) is 0.391. The van der Waals surface area contributed by atoms with Gasteiger partial charge in [-0.3, -0.25) is 9.52 Å². The summed E-state index contributed by atoms with van der Waals surface area (Å²) in [6.07, 6.45) is 0.734. The summed E-state index contributed by atoms with van der Waals surface area (Å²) in [6.45, 7) is 2.21. The van der Waals surface area contributed by atoms with Crippen molar-refractivity contribution in [3.8, 4) is 11.9 Å². The summed E-state index contributed by atoms with van der Waals surface area (Å²) >= 11 is 0. The minimum atomic E-state index is -4.15. The lowest BCUT2D eigenvalue weighted by Crippen LogP contribution is -2.43. The van der Waals surface area contributed by atoms with Crippen LogP contribution in [0.15, 0.2) is 18.2 Å². The molecule has 36 heavy (non-hydrogen) atoms. The second-order valence-electron chi connectivity index (χ2n) is 8.18. The molecule has 0 saturated carbocycles. The molecule has 13 heteroatoms. The molecule has 1 fully saturated rings. The first-order chi connectivity index (χ1) is 17.0. The molecule has 1 aliphatic rings. The van der Waals surface area contributed by atoms with Crippen LogP contribution in [0.2, 0.25) is 0 Å². The summed E-state index contributed by atoms with van der Waals surface area (Å²) in [4.78, 5) is 30.3. The lowest BCUT2D eigenvalue weighted by Gasteiger charge is -2.33. The number of carboxylic acid groups (broad SMARTS) is 1. The molecule has 0 atom stereocenters. The Balaban J connectivity index is 1.73. The Morgan fingerprint density at radius 3 is 2.47 bits per heavy atom. The van der Waals surface area contributed by atoms with Crippen molar-refractivity contribution in [2.75, 3.05) is 25.1 Å². The Morgan fingerprint density at radius 1 is 1.28 bits per heavy atom. The normalized spacial score (nSPS) is 14.2. The number of benzene rings is 1. The summed E-state index contributed by atoms with van der Waals surface area (Å²) in [5.74, 6) is -5.53. The fourth-order valence-corrected chi connectivity index (χ4v) is 5.30. The maximum atomic E-state index is 13.4. The zero-order chi connectivity index (χ0) is 26.6. The Kier molecular flexibility index (Phi) is 8.09. The van der Waals surface area contributed by atoms with Crippen molar-refractivity contribution in [1.82, 2.24) is 9.71 Å². The predicted octanol–water partition coefficient (Wildman–Crippen LogP) is 2.36. The van der Waals surface area contributed by atoms with Crippen LogP contribution in [0.1, 0.15) is 46.8 Å². The van der Waals surface area contributed by atoms with E-state index in [1.54, 1.807) is 11.8 Å². The molecule has 192 valence electrons. The molecule has 10 nitrogen and oxygen atoms in total. The van der Waals surface area contributed by atoms with Crippen LogP contribution in [0.3, 0.4) is 0 Å². The molecule has 1 aromatic heterocycles. The van der Waals surface area contributed by atoms with Crippen LogP contribution in [-0.2, 0) is 27.0 Å². The number of nitriles is 1. The number of carboxylic acids is 1. The molecule has 2 N–H and O–H groups in total. The lowest BCUT2D eigenvalue weighted by atomic mass is 9.95. The number of carbonyl (C=O) groups is 2. The van der Waals surface area contributed by atoms with E-state index in [1.807, 2.05) is 10.8 Å². The smallest absolute Gasteiger partial charge is 0.341 e. The minimum Gasteiger partial charge on any atom is -0.480 e. The number of methoxy groups -OCH3 is 1. The maximum Gasteiger partial charge on any atom is 0.341 e. The van der Waals surface area contributed by atoms with Crippen molar-refractivity contribution in [3.05, 3.63) is 52.1 Å². The second kappa shape index (κ2) is 10.9. The third-order valence-corrected chi connectivity index (χ3v) is 7.11. The first-order valence-corrected chi connectivity index (χ1v) is 12.6. The van der Waals surface area contributed by atoms with Gasteiger partial charge in [0.25, 0.3) is 0 Å². The number of aromatic nitrogens is 1. The van der Waals surface area contributed by atoms with Crippen molar-refractivity contribution < 1.29 is 36.6 Å². The van der Waals surface area contributed by atoms with Gasteiger partial charge in [-0.05, 0) is 42.5 Å². The summed E-state index contributed by atoms with van der Waals surface area (Å²) in [5, 5.41) is 19.3. The van der Waals surface area contributed by atoms with Gasteiger partial charge < -0.3 is 14.7 Å². The number of nitrogens with one attached hydrogen (secondary N) is 1. The molecule has 2 heterocycles. The van der Waals surface area contributed by atoms with Gasteiger partial charge in [0.2, 0.25) is 21.8 Å². The van der Waals surface area contributed by atoms with Gasteiger partial charge in [0.15, 0.2) is 17.5 Å². The van der Waals surface area contributed by atoms with Crippen LogP contribution < -0.4 is 14.4 Å². The summed E-state index contributed by atoms with van der Waals surface area (Å²) in [5.41, 5.74) is 0.202. The average Bonchev–Trinajstić information content (AvgIpc) is 2.84. The number of halogens is 2. The molecule has 0 spiro atoms. The molecule has 1 amide bonds. The van der Waals surface area contributed by atoms with Crippen LogP contribution in [0, 0.1) is 28.9 Å². The number of sulfonamides is 1. The van der Waals surface area contributed by atoms with Gasteiger partial charge in [-0.2, -0.15) is 10.2 Å². The monoisotopic (exact) mass is 522 g/mol. The number of nitrogens with zero attached hydrogens (tertiary/aromatic N) is 3. The predicted molar refractivity (Wildman–Crippen MR) is 124 cm³/mol. The van der Waals surface area contributed by atoms with Crippen LogP contribution in [0.25, 0.3) is 0 Å². The largest absolute Gasteiger partial charge is 0.480 e. The van der Waals surface area contributed by atoms with Crippen LogP contribution in [-0.4, -0.2) is 50.6 Å². The van der Waals surface area contributed by atoms with Crippen LogP contribution in [0.4, 0.5) is 14.6 Å². The van der Waals surface area contributed by atoms with Gasteiger partial charge in [0.1, 0.15) is 11.6 Å². The SMILES string of the molecule is CCc1c(C#N)c(N2CCC(C(=O)NS(=O)(=O)Cc3ccc(F)c(F)c3)CC2)nc(OC)c1C(=O)O. The molecule has 0 radical (unpaired) electrons. The first kappa shape index (κ1) is 26.8. The quantitative estimate of drug-likeness (QED) is 0.533. The number of amides is 1. The number of ether oxygens (including phenoxy) is 1. The van der Waals surface area contributed by atoms with Gasteiger partial charge in [-0.25, -0.2) is 22.0 Å². The molecule has 3 rings (SSSR count). The van der Waals surface area contributed by atoms with Crippen molar-refractivity contribution in [1.29, 1.82) is 5.26 Å². The van der Waals surface area contributed by atoms with E-state index in [-0.39, 0.29) is 66.3 Å². The molecular weight excluding hydrogens is 498 g/mol. The topological polar surface area (TPSA) is 150 Å². The highest BCUT2D eigenvalue weighted by Gasteiger charge is 2.32. The molecule has 1 saturated heterocycles. The summed E-state index contributed by atoms with van der Waals surface area (Å²) in [7, 11) is -2.87.